The maximum atomic E-state index is 12.4. The molecule has 0 unspecified atom stereocenters. The number of fused-ring (bicyclic) bond motifs is 1. The zero-order chi connectivity index (χ0) is 16.3. The van der Waals surface area contributed by atoms with Gasteiger partial charge in [0.2, 0.25) is 5.91 Å². The molecule has 1 saturated carbocycles. The molecule has 0 radical (unpaired) electrons. The van der Waals surface area contributed by atoms with Crippen molar-refractivity contribution in [1.82, 2.24) is 14.9 Å². The van der Waals surface area contributed by atoms with Crippen molar-refractivity contribution in [1.29, 1.82) is 5.26 Å². The number of rotatable bonds is 3. The summed E-state index contributed by atoms with van der Waals surface area (Å²) in [5.41, 5.74) is -0.432. The van der Waals surface area contributed by atoms with Crippen molar-refractivity contribution in [3.8, 4) is 6.07 Å². The number of benzene rings is 1. The van der Waals surface area contributed by atoms with Gasteiger partial charge in [-0.05, 0) is 25.0 Å². The molecule has 1 fully saturated rings. The molecule has 1 aromatic heterocycles. The topological polar surface area (TPSA) is 87.8 Å². The highest BCUT2D eigenvalue weighted by Crippen LogP contribution is 2.27. The third-order valence-corrected chi connectivity index (χ3v) is 4.35. The van der Waals surface area contributed by atoms with Crippen molar-refractivity contribution in [3.05, 3.63) is 40.9 Å². The molecule has 23 heavy (non-hydrogen) atoms. The normalized spacial score (nSPS) is 16.7. The second kappa shape index (κ2) is 6.21. The Balaban J connectivity index is 1.79. The van der Waals surface area contributed by atoms with Crippen LogP contribution in [0.15, 0.2) is 35.4 Å². The highest BCUT2D eigenvalue weighted by atomic mass is 16.2. The first-order valence-electron chi connectivity index (χ1n) is 7.80. The minimum Gasteiger partial charge on any atom is -0.336 e. The number of nitrogens with one attached hydrogen (secondary N) is 1. The van der Waals surface area contributed by atoms with Gasteiger partial charge in [-0.25, -0.2) is 4.98 Å². The van der Waals surface area contributed by atoms with E-state index in [4.69, 9.17) is 0 Å². The Bertz CT molecular complexity index is 828. The van der Waals surface area contributed by atoms with E-state index in [1.807, 2.05) is 6.07 Å². The lowest BCUT2D eigenvalue weighted by Gasteiger charge is -2.31. The number of carbonyl (C=O) groups excluding carboxylic acids is 1. The van der Waals surface area contributed by atoms with Gasteiger partial charge in [0.05, 0.1) is 23.3 Å². The van der Waals surface area contributed by atoms with Gasteiger partial charge in [-0.2, -0.15) is 5.26 Å². The van der Waals surface area contributed by atoms with E-state index in [0.717, 1.165) is 19.3 Å². The van der Waals surface area contributed by atoms with Crippen LogP contribution in [0.3, 0.4) is 0 Å². The second-order valence-electron chi connectivity index (χ2n) is 6.00. The Hall–Kier alpha value is -2.68. The molecule has 2 aromatic rings. The summed E-state index contributed by atoms with van der Waals surface area (Å²) in [6, 6.07) is 9.27. The Kier molecular flexibility index (Phi) is 4.11. The van der Waals surface area contributed by atoms with Crippen molar-refractivity contribution < 1.29 is 4.79 Å². The molecule has 118 valence electrons. The van der Waals surface area contributed by atoms with E-state index in [-0.39, 0.29) is 18.0 Å². The number of hydrogen-bond acceptors (Lipinski definition) is 4. The molecule has 0 aliphatic heterocycles. The Morgan fingerprint density at radius 1 is 1.30 bits per heavy atom. The third-order valence-electron chi connectivity index (χ3n) is 4.35. The average Bonchev–Trinajstić information content (AvgIpc) is 2.58. The average molecular weight is 310 g/mol. The summed E-state index contributed by atoms with van der Waals surface area (Å²) in [5, 5.41) is 12.7. The van der Waals surface area contributed by atoms with Crippen LogP contribution in [0.5, 0.6) is 0 Å². The van der Waals surface area contributed by atoms with Gasteiger partial charge in [0, 0.05) is 0 Å². The van der Waals surface area contributed by atoms with E-state index in [1.165, 1.54) is 10.9 Å². The Labute approximate surface area is 133 Å². The van der Waals surface area contributed by atoms with Gasteiger partial charge in [-0.3, -0.25) is 14.2 Å². The van der Waals surface area contributed by atoms with E-state index in [1.54, 1.807) is 18.2 Å². The predicted octanol–water partition coefficient (Wildman–Crippen LogP) is 1.74. The SMILES string of the molecule is N#CC1(NC(=O)Cn2cnc3ccccc3c2=O)CCCCC1. The number of para-hydroxylation sites is 1. The summed E-state index contributed by atoms with van der Waals surface area (Å²) < 4.78 is 1.28. The van der Waals surface area contributed by atoms with Gasteiger partial charge in [0.15, 0.2) is 0 Å². The molecular formula is C17H18N4O2. The number of nitrogens with zero attached hydrogens (tertiary/aromatic N) is 3. The van der Waals surface area contributed by atoms with Crippen LogP contribution in [0.25, 0.3) is 10.9 Å². The lowest BCUT2D eigenvalue weighted by atomic mass is 9.83. The molecular weight excluding hydrogens is 292 g/mol. The van der Waals surface area contributed by atoms with E-state index < -0.39 is 5.54 Å². The van der Waals surface area contributed by atoms with Crippen molar-refractivity contribution in [2.45, 2.75) is 44.2 Å². The zero-order valence-electron chi connectivity index (χ0n) is 12.8. The molecule has 0 bridgehead atoms. The molecule has 1 N–H and O–H groups in total. The minimum atomic E-state index is -0.788. The summed E-state index contributed by atoms with van der Waals surface area (Å²) in [7, 11) is 0. The largest absolute Gasteiger partial charge is 0.336 e. The van der Waals surface area contributed by atoms with Crippen LogP contribution < -0.4 is 10.9 Å². The van der Waals surface area contributed by atoms with E-state index in [0.29, 0.717) is 23.7 Å². The quantitative estimate of drug-likeness (QED) is 0.935. The van der Waals surface area contributed by atoms with Crippen LogP contribution >= 0.6 is 0 Å². The van der Waals surface area contributed by atoms with Crippen molar-refractivity contribution in [3.63, 3.8) is 0 Å². The highest BCUT2D eigenvalue weighted by Gasteiger charge is 2.33. The summed E-state index contributed by atoms with van der Waals surface area (Å²) in [4.78, 5) is 28.9. The first-order chi connectivity index (χ1) is 11.1. The smallest absolute Gasteiger partial charge is 0.261 e. The Morgan fingerprint density at radius 2 is 2.04 bits per heavy atom. The van der Waals surface area contributed by atoms with Gasteiger partial charge >= 0.3 is 0 Å². The number of aromatic nitrogens is 2. The first kappa shape index (κ1) is 15.2. The zero-order valence-corrected chi connectivity index (χ0v) is 12.8. The molecule has 0 saturated heterocycles. The van der Waals surface area contributed by atoms with Gasteiger partial charge in [0.25, 0.3) is 5.56 Å². The summed E-state index contributed by atoms with van der Waals surface area (Å²) in [6.45, 7) is -0.125. The number of amides is 1. The summed E-state index contributed by atoms with van der Waals surface area (Å²) in [5.74, 6) is -0.326. The molecule has 0 spiro atoms. The van der Waals surface area contributed by atoms with Gasteiger partial charge in [0.1, 0.15) is 12.1 Å². The molecule has 1 aliphatic carbocycles. The molecule has 1 heterocycles. The van der Waals surface area contributed by atoms with E-state index in [9.17, 15) is 14.9 Å². The predicted molar refractivity (Wildman–Crippen MR) is 85.6 cm³/mol. The monoisotopic (exact) mass is 310 g/mol. The van der Waals surface area contributed by atoms with Crippen LogP contribution in [0, 0.1) is 11.3 Å². The van der Waals surface area contributed by atoms with Gasteiger partial charge in [-0.1, -0.05) is 31.4 Å². The van der Waals surface area contributed by atoms with Crippen LogP contribution in [-0.2, 0) is 11.3 Å². The standard InChI is InChI=1S/C17H18N4O2/c18-11-17(8-4-1-5-9-17)20-15(22)10-21-12-19-14-7-3-2-6-13(14)16(21)23/h2-3,6-7,12H,1,4-5,8-10H2,(H,20,22). The van der Waals surface area contributed by atoms with Crippen molar-refractivity contribution in [2.75, 3.05) is 0 Å². The molecule has 3 rings (SSSR count). The fraction of sp³-hybridized carbons (Fsp3) is 0.412. The molecule has 1 aliphatic rings. The van der Waals surface area contributed by atoms with Crippen LogP contribution in [-0.4, -0.2) is 21.0 Å². The number of nitriles is 1. The molecule has 1 aromatic carbocycles. The van der Waals surface area contributed by atoms with Crippen LogP contribution in [0.4, 0.5) is 0 Å². The lowest BCUT2D eigenvalue weighted by molar-refractivity contribution is -0.123. The summed E-state index contributed by atoms with van der Waals surface area (Å²) in [6.07, 6.45) is 5.67. The fourth-order valence-electron chi connectivity index (χ4n) is 3.10. The van der Waals surface area contributed by atoms with E-state index in [2.05, 4.69) is 16.4 Å². The molecule has 6 nitrogen and oxygen atoms in total. The number of hydrogen-bond donors (Lipinski definition) is 1. The van der Waals surface area contributed by atoms with Crippen molar-refractivity contribution in [2.24, 2.45) is 0 Å². The Morgan fingerprint density at radius 3 is 2.78 bits per heavy atom. The van der Waals surface area contributed by atoms with E-state index >= 15 is 0 Å². The third kappa shape index (κ3) is 3.09. The minimum absolute atomic E-state index is 0.125. The van der Waals surface area contributed by atoms with Gasteiger partial charge < -0.3 is 5.32 Å². The maximum Gasteiger partial charge on any atom is 0.261 e. The molecule has 6 heteroatoms. The lowest BCUT2D eigenvalue weighted by Crippen LogP contribution is -2.50. The molecule has 1 amide bonds. The summed E-state index contributed by atoms with van der Waals surface area (Å²) >= 11 is 0. The second-order valence-corrected chi connectivity index (χ2v) is 6.00. The highest BCUT2D eigenvalue weighted by molar-refractivity contribution is 5.79. The van der Waals surface area contributed by atoms with Gasteiger partial charge in [-0.15, -0.1) is 0 Å². The first-order valence-corrected chi connectivity index (χ1v) is 7.80. The van der Waals surface area contributed by atoms with Crippen molar-refractivity contribution >= 4 is 16.8 Å². The fourth-order valence-corrected chi connectivity index (χ4v) is 3.10. The maximum absolute atomic E-state index is 12.4. The van der Waals surface area contributed by atoms with Crippen LogP contribution in [0.1, 0.15) is 32.1 Å². The van der Waals surface area contributed by atoms with Crippen LogP contribution in [0.2, 0.25) is 0 Å². The molecule has 0 atom stereocenters. The number of carbonyl (C=O) groups is 1.